The van der Waals surface area contributed by atoms with Crippen molar-refractivity contribution in [2.45, 2.75) is 26.6 Å². The van der Waals surface area contributed by atoms with Gasteiger partial charge in [-0.15, -0.1) is 0 Å². The molecule has 0 bridgehead atoms. The fourth-order valence-electron chi connectivity index (χ4n) is 3.66. The molecular weight excluding hydrogens is 334 g/mol. The SMILES string of the molecule is Cc1cc([Si](C)(C)C)c2c(c1)c1ccccc1p2-c1ccccc1.[B]. The van der Waals surface area contributed by atoms with Crippen molar-refractivity contribution in [3.63, 3.8) is 0 Å². The van der Waals surface area contributed by atoms with Gasteiger partial charge in [-0.2, -0.15) is 0 Å². The molecule has 3 heteroatoms. The molecule has 4 rings (SSSR count). The van der Waals surface area contributed by atoms with E-state index < -0.39 is 15.6 Å². The quantitative estimate of drug-likeness (QED) is 0.362. The second-order valence-electron chi connectivity index (χ2n) is 7.65. The first-order chi connectivity index (χ1) is 11.5. The highest BCUT2D eigenvalue weighted by molar-refractivity contribution is 7.68. The van der Waals surface area contributed by atoms with Crippen molar-refractivity contribution >= 4 is 50.2 Å². The van der Waals surface area contributed by atoms with Crippen LogP contribution in [0.2, 0.25) is 19.6 Å². The van der Waals surface area contributed by atoms with E-state index in [0.29, 0.717) is 0 Å². The van der Waals surface area contributed by atoms with Crippen LogP contribution in [-0.2, 0) is 0 Å². The molecule has 1 atom stereocenters. The number of hydrogen-bond acceptors (Lipinski definition) is 0. The summed E-state index contributed by atoms with van der Waals surface area (Å²) in [5.74, 6) is 0. The zero-order chi connectivity index (χ0) is 16.9. The molecule has 0 spiro atoms. The highest BCUT2D eigenvalue weighted by Crippen LogP contribution is 2.54. The van der Waals surface area contributed by atoms with Gasteiger partial charge in [0.2, 0.25) is 0 Å². The van der Waals surface area contributed by atoms with Crippen LogP contribution in [0, 0.1) is 6.92 Å². The monoisotopic (exact) mass is 357 g/mol. The Hall–Kier alpha value is -1.76. The van der Waals surface area contributed by atoms with Gasteiger partial charge in [-0.25, -0.2) is 0 Å². The van der Waals surface area contributed by atoms with Gasteiger partial charge in [0.25, 0.3) is 0 Å². The largest absolute Gasteiger partial charge is 0.0788 e. The van der Waals surface area contributed by atoms with Crippen LogP contribution in [0.4, 0.5) is 0 Å². The maximum atomic E-state index is 2.48. The zero-order valence-corrected chi connectivity index (χ0v) is 17.3. The van der Waals surface area contributed by atoms with Crippen LogP contribution < -0.4 is 5.19 Å². The topological polar surface area (TPSA) is 0 Å². The van der Waals surface area contributed by atoms with Crippen LogP contribution in [0.3, 0.4) is 0 Å². The first-order valence-corrected chi connectivity index (χ1v) is 13.4. The standard InChI is InChI=1S/C22H23PSi.B/c1-16-14-19-18-12-8-9-13-20(18)23(17-10-6-5-7-11-17)22(19)21(15-16)24(2,3)4;/h5-15H,1-4H3;. The summed E-state index contributed by atoms with van der Waals surface area (Å²) in [6.45, 7) is 9.67. The molecule has 1 heterocycles. The molecule has 0 saturated heterocycles. The van der Waals surface area contributed by atoms with Gasteiger partial charge in [-0.05, 0) is 28.2 Å². The third-order valence-corrected chi connectivity index (χ3v) is 9.57. The molecule has 0 aliphatic carbocycles. The Labute approximate surface area is 154 Å². The van der Waals surface area contributed by atoms with E-state index in [1.165, 1.54) is 26.8 Å². The fraction of sp³-hybridized carbons (Fsp3) is 0.182. The lowest BCUT2D eigenvalue weighted by molar-refractivity contribution is 1.52. The summed E-state index contributed by atoms with van der Waals surface area (Å²) in [5.41, 5.74) is 1.39. The van der Waals surface area contributed by atoms with Gasteiger partial charge in [-0.3, -0.25) is 0 Å². The fourth-order valence-corrected chi connectivity index (χ4v) is 9.16. The summed E-state index contributed by atoms with van der Waals surface area (Å²) >= 11 is 0. The number of hydrogen-bond donors (Lipinski definition) is 0. The Balaban J connectivity index is 0.00000182. The molecule has 0 amide bonds. The second-order valence-corrected chi connectivity index (χ2v) is 14.8. The minimum absolute atomic E-state index is 0. The highest BCUT2D eigenvalue weighted by atomic mass is 31.1. The Kier molecular flexibility index (Phi) is 4.70. The minimum atomic E-state index is -1.42. The second kappa shape index (κ2) is 6.52. The summed E-state index contributed by atoms with van der Waals surface area (Å²) in [4.78, 5) is 0. The minimum Gasteiger partial charge on any atom is -0.0773 e. The number of fused-ring (bicyclic) bond motifs is 3. The van der Waals surface area contributed by atoms with Crippen LogP contribution in [0.1, 0.15) is 5.56 Å². The lowest BCUT2D eigenvalue weighted by Gasteiger charge is -2.20. The number of aryl methyl sites for hydroxylation is 1. The van der Waals surface area contributed by atoms with Crippen LogP contribution >= 0.6 is 7.53 Å². The molecule has 1 aromatic heterocycles. The molecule has 0 saturated carbocycles. The molecular formula is C22H23BPSi. The van der Waals surface area contributed by atoms with Crippen molar-refractivity contribution in [2.75, 3.05) is 0 Å². The Morgan fingerprint density at radius 3 is 2.08 bits per heavy atom. The van der Waals surface area contributed by atoms with Crippen LogP contribution in [0.25, 0.3) is 26.3 Å². The molecule has 3 radical (unpaired) electrons. The third-order valence-electron chi connectivity index (χ3n) is 4.74. The smallest absolute Gasteiger partial charge is 0.0773 e. The Morgan fingerprint density at radius 2 is 1.40 bits per heavy atom. The summed E-state index contributed by atoms with van der Waals surface area (Å²) in [6.07, 6.45) is 0. The van der Waals surface area contributed by atoms with Gasteiger partial charge >= 0.3 is 0 Å². The lowest BCUT2D eigenvalue weighted by Crippen LogP contribution is -2.37. The van der Waals surface area contributed by atoms with Crippen LogP contribution in [-0.4, -0.2) is 16.5 Å². The molecule has 123 valence electrons. The highest BCUT2D eigenvalue weighted by Gasteiger charge is 2.24. The molecule has 4 aromatic rings. The summed E-state index contributed by atoms with van der Waals surface area (Å²) in [7, 11) is -1.85. The summed E-state index contributed by atoms with van der Waals surface area (Å²) < 4.78 is 0. The summed E-state index contributed by atoms with van der Waals surface area (Å²) in [5, 5.41) is 9.20. The van der Waals surface area contributed by atoms with E-state index in [0.717, 1.165) is 0 Å². The van der Waals surface area contributed by atoms with E-state index in [1.54, 1.807) is 10.3 Å². The number of rotatable bonds is 2. The van der Waals surface area contributed by atoms with Crippen LogP contribution in [0.5, 0.6) is 0 Å². The van der Waals surface area contributed by atoms with Gasteiger partial charge in [-0.1, -0.05) is 99.5 Å². The average molecular weight is 357 g/mol. The van der Waals surface area contributed by atoms with E-state index in [4.69, 9.17) is 0 Å². The van der Waals surface area contributed by atoms with Crippen molar-refractivity contribution in [1.29, 1.82) is 0 Å². The van der Waals surface area contributed by atoms with E-state index in [-0.39, 0.29) is 8.41 Å². The van der Waals surface area contributed by atoms with Gasteiger partial charge in [0.1, 0.15) is 0 Å². The van der Waals surface area contributed by atoms with E-state index >= 15 is 0 Å². The predicted molar refractivity (Wildman–Crippen MR) is 119 cm³/mol. The molecule has 0 fully saturated rings. The molecule has 0 aliphatic heterocycles. The van der Waals surface area contributed by atoms with E-state index in [9.17, 15) is 0 Å². The molecule has 0 nitrogen and oxygen atoms in total. The Bertz CT molecular complexity index is 1040. The van der Waals surface area contributed by atoms with Gasteiger partial charge in [0, 0.05) is 18.6 Å². The zero-order valence-electron chi connectivity index (χ0n) is 15.4. The molecule has 25 heavy (non-hydrogen) atoms. The average Bonchev–Trinajstić information content (AvgIpc) is 2.88. The summed E-state index contributed by atoms with van der Waals surface area (Å²) in [6, 6.07) is 25.0. The van der Waals surface area contributed by atoms with E-state index in [2.05, 4.69) is 93.3 Å². The maximum Gasteiger partial charge on any atom is 0.0788 e. The molecule has 3 aromatic carbocycles. The first kappa shape index (κ1) is 18.0. The molecule has 1 unspecified atom stereocenters. The van der Waals surface area contributed by atoms with E-state index in [1.807, 2.05) is 0 Å². The maximum absolute atomic E-state index is 2.48. The predicted octanol–water partition coefficient (Wildman–Crippen LogP) is 6.44. The van der Waals surface area contributed by atoms with Crippen molar-refractivity contribution in [1.82, 2.24) is 0 Å². The van der Waals surface area contributed by atoms with Crippen molar-refractivity contribution in [3.8, 4) is 5.30 Å². The molecule has 0 aliphatic rings. The normalized spacial score (nSPS) is 12.4. The molecule has 0 N–H and O–H groups in total. The van der Waals surface area contributed by atoms with Crippen LogP contribution in [0.15, 0.2) is 66.7 Å². The van der Waals surface area contributed by atoms with Gasteiger partial charge in [0.15, 0.2) is 0 Å². The van der Waals surface area contributed by atoms with Crippen molar-refractivity contribution in [2.24, 2.45) is 0 Å². The Morgan fingerprint density at radius 1 is 0.760 bits per heavy atom. The lowest BCUT2D eigenvalue weighted by atomic mass is 10.1. The van der Waals surface area contributed by atoms with Crippen molar-refractivity contribution in [3.05, 3.63) is 72.3 Å². The van der Waals surface area contributed by atoms with Gasteiger partial charge in [0.05, 0.1) is 8.07 Å². The van der Waals surface area contributed by atoms with Gasteiger partial charge < -0.3 is 0 Å². The third kappa shape index (κ3) is 2.99. The number of benzene rings is 3. The first-order valence-electron chi connectivity index (χ1n) is 8.56. The van der Waals surface area contributed by atoms with Crippen molar-refractivity contribution < 1.29 is 0 Å².